The number of nitro benzene ring substituents is 1. The zero-order valence-electron chi connectivity index (χ0n) is 17.6. The number of nitrogens with one attached hydrogen (secondary N) is 1. The van der Waals surface area contributed by atoms with E-state index in [-0.39, 0.29) is 27.6 Å². The number of pyridine rings is 1. The fourth-order valence-electron chi connectivity index (χ4n) is 2.70. The highest BCUT2D eigenvalue weighted by Gasteiger charge is 2.20. The number of carbonyl (C=O) groups is 1. The largest absolute Gasteiger partial charge is 0.497 e. The zero-order chi connectivity index (χ0) is 23.9. The monoisotopic (exact) mass is 476 g/mol. The maximum absolute atomic E-state index is 13.1. The average Bonchev–Trinajstić information content (AvgIpc) is 3.35. The Balaban J connectivity index is 1.57. The number of hydrazone groups is 1. The number of aromatic nitrogens is 3. The van der Waals surface area contributed by atoms with Gasteiger partial charge in [0, 0.05) is 35.7 Å². The Kier molecular flexibility index (Phi) is 6.89. The van der Waals surface area contributed by atoms with E-state index < -0.39 is 4.92 Å². The molecule has 0 amide bonds. The number of nitrogens with zero attached hydrogens (tertiary/aromatic N) is 5. The van der Waals surface area contributed by atoms with E-state index in [0.717, 1.165) is 11.8 Å². The molecule has 4 aromatic rings. The number of methoxy groups -OCH3 is 1. The van der Waals surface area contributed by atoms with Gasteiger partial charge in [-0.15, -0.1) is 10.2 Å². The summed E-state index contributed by atoms with van der Waals surface area (Å²) in [5, 5.41) is 23.2. The third-order valence-corrected chi connectivity index (χ3v) is 5.24. The molecule has 0 fully saturated rings. The number of ketones is 1. The average molecular weight is 476 g/mol. The molecule has 2 aromatic heterocycles. The summed E-state index contributed by atoms with van der Waals surface area (Å²) in [4.78, 5) is 27.3. The summed E-state index contributed by atoms with van der Waals surface area (Å²) in [5.41, 5.74) is 4.31. The molecule has 0 saturated heterocycles. The van der Waals surface area contributed by atoms with Gasteiger partial charge in [-0.1, -0.05) is 0 Å². The minimum atomic E-state index is -0.498. The van der Waals surface area contributed by atoms with Gasteiger partial charge < -0.3 is 9.15 Å². The summed E-state index contributed by atoms with van der Waals surface area (Å²) in [6.45, 7) is 0. The number of Topliss-reactive ketones (excluding diaryl/α,β-unsaturated/α-hetero) is 1. The molecule has 0 aliphatic rings. The SMILES string of the molecule is COc1ccc(NN=C(Sc2nnc(-c3ccc([N+](=O)[O-])cc3)o2)C(=O)c2ccncc2)cc1. The molecule has 0 atom stereocenters. The molecule has 2 aromatic carbocycles. The number of benzene rings is 2. The molecule has 12 heteroatoms. The van der Waals surface area contributed by atoms with Crippen molar-refractivity contribution in [1.29, 1.82) is 0 Å². The minimum Gasteiger partial charge on any atom is -0.497 e. The molecule has 4 rings (SSSR count). The van der Waals surface area contributed by atoms with E-state index in [1.54, 1.807) is 43.5 Å². The Morgan fingerprint density at radius 3 is 2.41 bits per heavy atom. The summed E-state index contributed by atoms with van der Waals surface area (Å²) < 4.78 is 10.8. The number of hydrogen-bond donors (Lipinski definition) is 1. The van der Waals surface area contributed by atoms with Crippen molar-refractivity contribution in [2.75, 3.05) is 12.5 Å². The maximum Gasteiger partial charge on any atom is 0.283 e. The van der Waals surface area contributed by atoms with Gasteiger partial charge in [0.25, 0.3) is 10.9 Å². The maximum atomic E-state index is 13.1. The smallest absolute Gasteiger partial charge is 0.283 e. The Labute approximate surface area is 197 Å². The first kappa shape index (κ1) is 22.6. The van der Waals surface area contributed by atoms with Crippen molar-refractivity contribution in [3.05, 3.63) is 88.7 Å². The number of rotatable bonds is 8. The van der Waals surface area contributed by atoms with E-state index in [1.165, 1.54) is 36.7 Å². The van der Waals surface area contributed by atoms with Crippen molar-refractivity contribution in [3.63, 3.8) is 0 Å². The van der Waals surface area contributed by atoms with Crippen LogP contribution < -0.4 is 10.2 Å². The van der Waals surface area contributed by atoms with Gasteiger partial charge in [0.2, 0.25) is 11.7 Å². The third-order valence-electron chi connectivity index (χ3n) is 4.43. The molecule has 0 spiro atoms. The highest BCUT2D eigenvalue weighted by molar-refractivity contribution is 8.15. The lowest BCUT2D eigenvalue weighted by molar-refractivity contribution is -0.384. The summed E-state index contributed by atoms with van der Waals surface area (Å²) in [6.07, 6.45) is 3.01. The summed E-state index contributed by atoms with van der Waals surface area (Å²) >= 11 is 0.886. The van der Waals surface area contributed by atoms with E-state index in [1.807, 2.05) is 0 Å². The Hall–Kier alpha value is -4.58. The van der Waals surface area contributed by atoms with Crippen LogP contribution in [0.2, 0.25) is 0 Å². The van der Waals surface area contributed by atoms with Crippen LogP contribution in [0, 0.1) is 10.1 Å². The second kappa shape index (κ2) is 10.4. The van der Waals surface area contributed by atoms with Crippen LogP contribution in [-0.4, -0.2) is 38.0 Å². The first-order valence-electron chi connectivity index (χ1n) is 9.72. The lowest BCUT2D eigenvalue weighted by atomic mass is 10.2. The number of non-ortho nitro benzene ring substituents is 1. The molecule has 34 heavy (non-hydrogen) atoms. The van der Waals surface area contributed by atoms with Crippen molar-refractivity contribution in [2.45, 2.75) is 5.22 Å². The molecule has 11 nitrogen and oxygen atoms in total. The van der Waals surface area contributed by atoms with E-state index in [2.05, 4.69) is 25.7 Å². The van der Waals surface area contributed by atoms with Crippen molar-refractivity contribution in [1.82, 2.24) is 15.2 Å². The summed E-state index contributed by atoms with van der Waals surface area (Å²) in [7, 11) is 1.57. The Morgan fingerprint density at radius 1 is 1.06 bits per heavy atom. The van der Waals surface area contributed by atoms with Gasteiger partial charge in [-0.25, -0.2) is 0 Å². The van der Waals surface area contributed by atoms with Gasteiger partial charge in [-0.2, -0.15) is 5.10 Å². The molecule has 1 N–H and O–H groups in total. The van der Waals surface area contributed by atoms with Crippen LogP contribution in [0.25, 0.3) is 11.5 Å². The predicted octanol–water partition coefficient (Wildman–Crippen LogP) is 4.45. The van der Waals surface area contributed by atoms with Crippen LogP contribution in [-0.2, 0) is 0 Å². The van der Waals surface area contributed by atoms with Crippen molar-refractivity contribution in [2.24, 2.45) is 5.10 Å². The standard InChI is InChI=1S/C22H16N6O5S/c1-32-18-8-4-16(5-9-18)24-26-21(19(29)14-10-12-23-13-11-14)34-22-27-25-20(33-22)15-2-6-17(7-3-15)28(30)31/h2-13,24H,1H3. The first-order valence-corrected chi connectivity index (χ1v) is 10.5. The van der Waals surface area contributed by atoms with Crippen molar-refractivity contribution < 1.29 is 18.9 Å². The van der Waals surface area contributed by atoms with Crippen molar-refractivity contribution in [3.8, 4) is 17.2 Å². The summed E-state index contributed by atoms with van der Waals surface area (Å²) in [6, 6.07) is 15.8. The Morgan fingerprint density at radius 2 is 1.76 bits per heavy atom. The predicted molar refractivity (Wildman–Crippen MR) is 125 cm³/mol. The normalized spacial score (nSPS) is 11.1. The molecule has 170 valence electrons. The zero-order valence-corrected chi connectivity index (χ0v) is 18.4. The van der Waals surface area contributed by atoms with Gasteiger partial charge in [0.1, 0.15) is 5.75 Å². The van der Waals surface area contributed by atoms with Crippen LogP contribution in [0.3, 0.4) is 0 Å². The van der Waals surface area contributed by atoms with E-state index in [9.17, 15) is 14.9 Å². The molecule has 0 aliphatic carbocycles. The number of ether oxygens (including phenoxy) is 1. The minimum absolute atomic E-state index is 0.0557. The number of anilines is 1. The first-order chi connectivity index (χ1) is 16.5. The van der Waals surface area contributed by atoms with Gasteiger partial charge in [-0.05, 0) is 60.3 Å². The number of carbonyl (C=O) groups excluding carboxylic acids is 1. The molecule has 2 heterocycles. The van der Waals surface area contributed by atoms with Crippen LogP contribution in [0.1, 0.15) is 10.4 Å². The highest BCUT2D eigenvalue weighted by atomic mass is 32.2. The van der Waals surface area contributed by atoms with Crippen molar-refractivity contribution >= 4 is 34.0 Å². The molecular weight excluding hydrogens is 460 g/mol. The third kappa shape index (κ3) is 5.42. The number of hydrogen-bond acceptors (Lipinski definition) is 11. The molecular formula is C22H16N6O5S. The molecule has 0 saturated carbocycles. The highest BCUT2D eigenvalue weighted by Crippen LogP contribution is 2.27. The molecule has 0 radical (unpaired) electrons. The van der Waals surface area contributed by atoms with Crippen LogP contribution in [0.15, 0.2) is 87.8 Å². The summed E-state index contributed by atoms with van der Waals surface area (Å²) in [5.74, 6) is 0.460. The second-order valence-corrected chi connectivity index (χ2v) is 7.54. The molecule has 0 unspecified atom stereocenters. The lowest BCUT2D eigenvalue weighted by Gasteiger charge is -2.06. The molecule has 0 bridgehead atoms. The quantitative estimate of drug-likeness (QED) is 0.0966. The Bertz CT molecular complexity index is 1320. The van der Waals surface area contributed by atoms with Gasteiger partial charge in [-0.3, -0.25) is 25.3 Å². The second-order valence-electron chi connectivity index (χ2n) is 6.60. The fraction of sp³-hybridized carbons (Fsp3) is 0.0455. The van der Waals surface area contributed by atoms with Crippen LogP contribution in [0.5, 0.6) is 5.75 Å². The van der Waals surface area contributed by atoms with Gasteiger partial charge in [0.05, 0.1) is 17.7 Å². The fourth-order valence-corrected chi connectivity index (χ4v) is 3.37. The van der Waals surface area contributed by atoms with Gasteiger partial charge >= 0.3 is 0 Å². The van der Waals surface area contributed by atoms with Crippen LogP contribution in [0.4, 0.5) is 11.4 Å². The number of thioether (sulfide) groups is 1. The van der Waals surface area contributed by atoms with E-state index in [0.29, 0.717) is 22.6 Å². The van der Waals surface area contributed by atoms with Gasteiger partial charge in [0.15, 0.2) is 5.04 Å². The van der Waals surface area contributed by atoms with E-state index in [4.69, 9.17) is 9.15 Å². The molecule has 0 aliphatic heterocycles. The van der Waals surface area contributed by atoms with E-state index >= 15 is 0 Å². The topological polar surface area (TPSA) is 146 Å². The lowest BCUT2D eigenvalue weighted by Crippen LogP contribution is -2.13. The number of nitro groups is 1. The van der Waals surface area contributed by atoms with Crippen LogP contribution >= 0.6 is 11.8 Å².